The summed E-state index contributed by atoms with van der Waals surface area (Å²) in [6.07, 6.45) is 8.29. The zero-order valence-electron chi connectivity index (χ0n) is 5.57. The van der Waals surface area contributed by atoms with Gasteiger partial charge in [0.15, 0.2) is 0 Å². The predicted octanol–water partition coefficient (Wildman–Crippen LogP) is 3.71. The average Bonchev–Trinajstić information content (AvgIpc) is 1.88. The van der Waals surface area contributed by atoms with Crippen LogP contribution < -0.4 is 0 Å². The van der Waals surface area contributed by atoms with Gasteiger partial charge in [-0.25, -0.2) is 0 Å². The van der Waals surface area contributed by atoms with E-state index in [0.29, 0.717) is 0 Å². The third-order valence-corrected chi connectivity index (χ3v) is 2.19. The van der Waals surface area contributed by atoms with Crippen LogP contribution in [0.15, 0.2) is 32.8 Å². The molecule has 0 heterocycles. The Morgan fingerprint density at radius 1 is 1.40 bits per heavy atom. The van der Waals surface area contributed by atoms with Crippen molar-refractivity contribution in [3.63, 3.8) is 0 Å². The first kappa shape index (κ1) is 8.15. The highest BCUT2D eigenvalue weighted by Gasteiger charge is 2.08. The zero-order valence-corrected chi connectivity index (χ0v) is 8.74. The van der Waals surface area contributed by atoms with Crippen molar-refractivity contribution in [3.8, 4) is 0 Å². The maximum absolute atomic E-state index is 3.34. The monoisotopic (exact) mass is 261 g/mol. The quantitative estimate of drug-likeness (QED) is 0.584. The van der Waals surface area contributed by atoms with Crippen molar-refractivity contribution >= 4 is 31.9 Å². The van der Waals surface area contributed by atoms with Gasteiger partial charge in [0.25, 0.3) is 0 Å². The first-order valence-corrected chi connectivity index (χ1v) is 4.54. The van der Waals surface area contributed by atoms with Crippen molar-refractivity contribution < 1.29 is 0 Å². The first-order chi connectivity index (χ1) is 4.70. The lowest BCUT2D eigenvalue weighted by Crippen LogP contribution is -1.85. The third kappa shape index (κ3) is 2.03. The normalized spacial score (nSPS) is 16.3. The van der Waals surface area contributed by atoms with Crippen LogP contribution in [0.5, 0.6) is 0 Å². The molecule has 0 N–H and O–H groups in total. The summed E-state index contributed by atoms with van der Waals surface area (Å²) < 4.78 is 1.00. The molecule has 10 heavy (non-hydrogen) atoms. The van der Waals surface area contributed by atoms with Gasteiger partial charge in [-0.1, -0.05) is 0 Å². The molecule has 0 unspecified atom stereocenters. The third-order valence-electron chi connectivity index (χ3n) is 1.27. The Morgan fingerprint density at radius 3 is 2.50 bits per heavy atom. The van der Waals surface area contributed by atoms with Crippen molar-refractivity contribution in [2.75, 3.05) is 0 Å². The van der Waals surface area contributed by atoms with Gasteiger partial charge in [-0.3, -0.25) is 0 Å². The molecule has 0 radical (unpaired) electrons. The summed E-state index contributed by atoms with van der Waals surface area (Å²) in [4.78, 5) is 0. The van der Waals surface area contributed by atoms with Gasteiger partial charge in [0.2, 0.25) is 0 Å². The zero-order chi connectivity index (χ0) is 7.56. The van der Waals surface area contributed by atoms with Crippen LogP contribution in [0.3, 0.4) is 0 Å². The molecule has 0 fully saturated rings. The van der Waals surface area contributed by atoms with Crippen LogP contribution >= 0.6 is 31.9 Å². The molecule has 0 aromatic rings. The van der Waals surface area contributed by atoms with E-state index >= 15 is 0 Å². The van der Waals surface area contributed by atoms with Crippen molar-refractivity contribution in [2.24, 2.45) is 0 Å². The highest BCUT2D eigenvalue weighted by molar-refractivity contribution is 9.28. The van der Waals surface area contributed by atoms with Gasteiger partial charge in [0.05, 0.1) is 0 Å². The van der Waals surface area contributed by atoms with Crippen molar-refractivity contribution in [1.82, 2.24) is 0 Å². The van der Waals surface area contributed by atoms with Gasteiger partial charge in [0, 0.05) is 62.1 Å². The second kappa shape index (κ2) is 3.44. The summed E-state index contributed by atoms with van der Waals surface area (Å²) >= 11 is 6.68. The van der Waals surface area contributed by atoms with Crippen LogP contribution in [0.1, 0.15) is 6.92 Å². The molecule has 0 saturated heterocycles. The molecule has 0 atom stereocenters. The number of rotatable bonds is 0. The highest BCUT2D eigenvalue weighted by atomic mass is 79.9. The molecule has 52 valence electrons. The van der Waals surface area contributed by atoms with Gasteiger partial charge >= 0.3 is 0 Å². The van der Waals surface area contributed by atoms with E-state index in [1.165, 1.54) is 11.1 Å². The Balaban J connectivity index is 2.79. The summed E-state index contributed by atoms with van der Waals surface area (Å²) in [6.45, 7) is 2.08. The molecule has 1 rings (SSSR count). The Morgan fingerprint density at radius 2 is 2.10 bits per heavy atom. The number of allylic oxidation sites excluding steroid dienone is 5. The number of hydrogen-bond acceptors (Lipinski definition) is 0. The lowest BCUT2D eigenvalue weighted by molar-refractivity contribution is 1.41. The molecule has 0 spiro atoms. The predicted molar refractivity (Wildman–Crippen MR) is 52.1 cm³/mol. The highest BCUT2D eigenvalue weighted by Crippen LogP contribution is 2.25. The fourth-order valence-corrected chi connectivity index (χ4v) is 1.21. The van der Waals surface area contributed by atoms with Crippen molar-refractivity contribution in [1.29, 1.82) is 0 Å². The fraction of sp³-hybridized carbons (Fsp3) is 0.125. The lowest BCUT2D eigenvalue weighted by Gasteiger charge is -1.95. The van der Waals surface area contributed by atoms with E-state index in [1.54, 1.807) is 0 Å². The number of hydrogen-bond donors (Lipinski definition) is 0. The molecule has 1 aliphatic carbocycles. The topological polar surface area (TPSA) is 0 Å². The van der Waals surface area contributed by atoms with E-state index in [9.17, 15) is 0 Å². The Labute approximate surface area is 78.0 Å². The van der Waals surface area contributed by atoms with Crippen molar-refractivity contribution in [3.05, 3.63) is 39.2 Å². The maximum Gasteiger partial charge on any atom is 0.146 e. The van der Waals surface area contributed by atoms with Crippen LogP contribution in [0.25, 0.3) is 0 Å². The minimum Gasteiger partial charge on any atom is -0.00461 e. The summed E-state index contributed by atoms with van der Waals surface area (Å²) in [7, 11) is 0. The molecule has 1 aliphatic rings. The van der Waals surface area contributed by atoms with Gasteiger partial charge in [0.1, 0.15) is 8.96 Å². The summed E-state index contributed by atoms with van der Waals surface area (Å²) in [5.41, 5.74) is 2.45. The van der Waals surface area contributed by atoms with E-state index in [-0.39, 0.29) is 0 Å². The van der Waals surface area contributed by atoms with Gasteiger partial charge in [-0.05, 0) is 6.92 Å². The van der Waals surface area contributed by atoms with Gasteiger partial charge in [-0.2, -0.15) is 0 Å². The summed E-state index contributed by atoms with van der Waals surface area (Å²) in [6, 6.07) is 0. The molecular formula is C8H7Br2+. The molecule has 2 heteroatoms. The second-order valence-electron chi connectivity index (χ2n) is 2.13. The largest absolute Gasteiger partial charge is 0.146 e. The molecule has 0 nitrogen and oxygen atoms in total. The summed E-state index contributed by atoms with van der Waals surface area (Å²) in [5.74, 6) is 0. The van der Waals surface area contributed by atoms with E-state index in [4.69, 9.17) is 0 Å². The molecule has 0 bridgehead atoms. The van der Waals surface area contributed by atoms with Crippen LogP contribution in [0.4, 0.5) is 0 Å². The molecule has 0 aromatic heterocycles. The molecule has 0 amide bonds. The molecule has 0 aliphatic heterocycles. The summed E-state index contributed by atoms with van der Waals surface area (Å²) in [5, 5.41) is 0. The maximum atomic E-state index is 3.34. The van der Waals surface area contributed by atoms with E-state index < -0.39 is 0 Å². The first-order valence-electron chi connectivity index (χ1n) is 2.95. The van der Waals surface area contributed by atoms with E-state index in [0.717, 1.165) is 3.39 Å². The van der Waals surface area contributed by atoms with Gasteiger partial charge < -0.3 is 0 Å². The Kier molecular flexibility index (Phi) is 2.81. The lowest BCUT2D eigenvalue weighted by atomic mass is 10.1. The smallest absolute Gasteiger partial charge is 0.00461 e. The average molecular weight is 263 g/mol. The SMILES string of the molecule is CC1=C[CH+]C(=C(Br)Br)C=C1. The standard InChI is InChI=1S/C8H7Br2/c1-6-2-4-7(5-3-6)8(9)10/h2-5H,1H3/q+1. The Bertz CT molecular complexity index is 217. The second-order valence-corrected chi connectivity index (χ2v) is 4.78. The van der Waals surface area contributed by atoms with E-state index in [2.05, 4.69) is 63.4 Å². The van der Waals surface area contributed by atoms with Crippen LogP contribution in [-0.2, 0) is 0 Å². The van der Waals surface area contributed by atoms with Crippen LogP contribution in [-0.4, -0.2) is 0 Å². The van der Waals surface area contributed by atoms with E-state index in [1.807, 2.05) is 0 Å². The molecule has 0 aromatic carbocycles. The number of halogens is 2. The molecular weight excluding hydrogens is 256 g/mol. The minimum atomic E-state index is 1.00. The Hall–Kier alpha value is 0.0500. The van der Waals surface area contributed by atoms with Crippen LogP contribution in [0.2, 0.25) is 0 Å². The van der Waals surface area contributed by atoms with Crippen molar-refractivity contribution in [2.45, 2.75) is 6.92 Å². The minimum absolute atomic E-state index is 1.00. The molecule has 0 saturated carbocycles. The van der Waals surface area contributed by atoms with Crippen LogP contribution in [0, 0.1) is 6.42 Å². The fourth-order valence-electron chi connectivity index (χ4n) is 0.680. The van der Waals surface area contributed by atoms with Gasteiger partial charge in [-0.15, -0.1) is 0 Å².